The second-order valence-electron chi connectivity index (χ2n) is 12.8. The van der Waals surface area contributed by atoms with Crippen molar-refractivity contribution in [2.45, 2.75) is 206 Å². The van der Waals surface area contributed by atoms with E-state index in [1.807, 2.05) is 0 Å². The SMILES string of the molecule is CCCCCCCCCCCCCCCCC(C(=O)O)C(CCCCCCCCCC(O)CCCCCC)C(=O)O. The Balaban J connectivity index is 3.87. The first kappa shape index (κ1) is 39.9. The number of rotatable bonds is 33. The molecule has 0 aromatic carbocycles. The lowest BCUT2D eigenvalue weighted by molar-refractivity contribution is -0.154. The van der Waals surface area contributed by atoms with Crippen molar-refractivity contribution in [2.75, 3.05) is 0 Å². The lowest BCUT2D eigenvalue weighted by Crippen LogP contribution is -2.30. The molecule has 0 fully saturated rings. The molecule has 0 radical (unpaired) electrons. The zero-order valence-electron chi connectivity index (χ0n) is 27.4. The lowest BCUT2D eigenvalue weighted by Gasteiger charge is -2.20. The summed E-state index contributed by atoms with van der Waals surface area (Å²) in [6.45, 7) is 4.46. The molecule has 41 heavy (non-hydrogen) atoms. The van der Waals surface area contributed by atoms with E-state index in [4.69, 9.17) is 0 Å². The Morgan fingerprint density at radius 2 is 0.610 bits per heavy atom. The van der Waals surface area contributed by atoms with E-state index in [1.54, 1.807) is 0 Å². The van der Waals surface area contributed by atoms with Gasteiger partial charge in [0.25, 0.3) is 0 Å². The summed E-state index contributed by atoms with van der Waals surface area (Å²) in [5.41, 5.74) is 0. The van der Waals surface area contributed by atoms with Gasteiger partial charge in [-0.05, 0) is 25.7 Å². The average Bonchev–Trinajstić information content (AvgIpc) is 2.94. The molecule has 0 saturated carbocycles. The van der Waals surface area contributed by atoms with E-state index in [2.05, 4.69) is 13.8 Å². The van der Waals surface area contributed by atoms with Crippen LogP contribution >= 0.6 is 0 Å². The Morgan fingerprint density at radius 3 is 0.878 bits per heavy atom. The molecule has 0 aromatic heterocycles. The lowest BCUT2D eigenvalue weighted by atomic mass is 9.84. The van der Waals surface area contributed by atoms with Crippen LogP contribution in [0.15, 0.2) is 0 Å². The molecule has 0 rings (SSSR count). The Kier molecular flexibility index (Phi) is 29.5. The summed E-state index contributed by atoms with van der Waals surface area (Å²) in [5.74, 6) is -3.43. The largest absolute Gasteiger partial charge is 0.481 e. The van der Waals surface area contributed by atoms with Crippen molar-refractivity contribution < 1.29 is 24.9 Å². The second-order valence-corrected chi connectivity index (χ2v) is 12.8. The van der Waals surface area contributed by atoms with Gasteiger partial charge in [-0.15, -0.1) is 0 Å². The quantitative estimate of drug-likeness (QED) is 0.0669. The van der Waals surface area contributed by atoms with Crippen LogP contribution in [0.4, 0.5) is 0 Å². The Bertz CT molecular complexity index is 578. The van der Waals surface area contributed by atoms with Crippen LogP contribution in [0.5, 0.6) is 0 Å². The molecule has 0 aliphatic heterocycles. The van der Waals surface area contributed by atoms with Gasteiger partial charge < -0.3 is 15.3 Å². The fourth-order valence-corrected chi connectivity index (χ4v) is 6.13. The molecule has 3 N–H and O–H groups in total. The first-order valence-corrected chi connectivity index (χ1v) is 18.1. The summed E-state index contributed by atoms with van der Waals surface area (Å²) in [6.07, 6.45) is 32.4. The summed E-state index contributed by atoms with van der Waals surface area (Å²) >= 11 is 0. The number of carboxylic acids is 2. The third-order valence-corrected chi connectivity index (χ3v) is 8.93. The van der Waals surface area contributed by atoms with Gasteiger partial charge in [0.2, 0.25) is 0 Å². The summed E-state index contributed by atoms with van der Waals surface area (Å²) in [7, 11) is 0. The molecular formula is C36H70O5. The van der Waals surface area contributed by atoms with Gasteiger partial charge in [-0.1, -0.05) is 174 Å². The zero-order valence-corrected chi connectivity index (χ0v) is 27.4. The molecule has 0 bridgehead atoms. The van der Waals surface area contributed by atoms with Crippen molar-refractivity contribution in [3.05, 3.63) is 0 Å². The first-order valence-electron chi connectivity index (χ1n) is 18.1. The first-order chi connectivity index (χ1) is 19.9. The second kappa shape index (κ2) is 30.4. The number of hydrogen-bond acceptors (Lipinski definition) is 3. The van der Waals surface area contributed by atoms with Crippen molar-refractivity contribution >= 4 is 11.9 Å². The summed E-state index contributed by atoms with van der Waals surface area (Å²) in [5, 5.41) is 29.6. The van der Waals surface area contributed by atoms with Crippen LogP contribution in [0, 0.1) is 11.8 Å². The van der Waals surface area contributed by atoms with Crippen LogP contribution in [0.2, 0.25) is 0 Å². The molecule has 0 saturated heterocycles. The fraction of sp³-hybridized carbons (Fsp3) is 0.944. The van der Waals surface area contributed by atoms with Gasteiger partial charge in [-0.25, -0.2) is 0 Å². The van der Waals surface area contributed by atoms with Crippen molar-refractivity contribution in [1.29, 1.82) is 0 Å². The number of hydrogen-bond donors (Lipinski definition) is 3. The molecule has 0 aliphatic carbocycles. The molecule has 244 valence electrons. The highest BCUT2D eigenvalue weighted by molar-refractivity contribution is 5.79. The summed E-state index contributed by atoms with van der Waals surface area (Å²) < 4.78 is 0. The third kappa shape index (κ3) is 26.3. The highest BCUT2D eigenvalue weighted by atomic mass is 16.4. The monoisotopic (exact) mass is 583 g/mol. The van der Waals surface area contributed by atoms with Gasteiger partial charge in [-0.3, -0.25) is 9.59 Å². The number of carbonyl (C=O) groups is 2. The van der Waals surface area contributed by atoms with E-state index in [0.717, 1.165) is 83.5 Å². The van der Waals surface area contributed by atoms with Crippen molar-refractivity contribution in [1.82, 2.24) is 0 Å². The van der Waals surface area contributed by atoms with Crippen LogP contribution in [-0.4, -0.2) is 33.4 Å². The van der Waals surface area contributed by atoms with Gasteiger partial charge in [-0.2, -0.15) is 0 Å². The molecule has 0 aliphatic rings. The van der Waals surface area contributed by atoms with Crippen LogP contribution in [0.25, 0.3) is 0 Å². The van der Waals surface area contributed by atoms with Gasteiger partial charge in [0, 0.05) is 0 Å². The molecular weight excluding hydrogens is 512 g/mol. The Morgan fingerprint density at radius 1 is 0.390 bits per heavy atom. The van der Waals surface area contributed by atoms with Gasteiger partial charge in [0.15, 0.2) is 0 Å². The van der Waals surface area contributed by atoms with Gasteiger partial charge in [0.05, 0.1) is 17.9 Å². The average molecular weight is 583 g/mol. The topological polar surface area (TPSA) is 94.8 Å². The normalized spacial score (nSPS) is 13.7. The minimum Gasteiger partial charge on any atom is -0.481 e. The molecule has 3 unspecified atom stereocenters. The van der Waals surface area contributed by atoms with Crippen molar-refractivity contribution in [3.8, 4) is 0 Å². The van der Waals surface area contributed by atoms with Gasteiger partial charge in [0.1, 0.15) is 0 Å². The zero-order chi connectivity index (χ0) is 30.4. The molecule has 0 amide bonds. The van der Waals surface area contributed by atoms with Crippen LogP contribution in [0.1, 0.15) is 200 Å². The van der Waals surface area contributed by atoms with E-state index in [-0.39, 0.29) is 6.10 Å². The number of aliphatic carboxylic acids is 2. The maximum Gasteiger partial charge on any atom is 0.307 e. The molecule has 5 nitrogen and oxygen atoms in total. The smallest absolute Gasteiger partial charge is 0.307 e. The highest BCUT2D eigenvalue weighted by Crippen LogP contribution is 2.26. The molecule has 5 heteroatoms. The maximum absolute atomic E-state index is 11.9. The standard InChI is InChI=1S/C36H70O5/c1-3-5-7-9-10-11-12-13-14-15-16-19-22-26-30-33(35(38)39)34(36(40)41)31-27-23-20-17-18-21-25-29-32(37)28-24-8-6-4-2/h32-34,37H,3-31H2,1-2H3,(H,38,39)(H,40,41). The molecule has 3 atom stereocenters. The van der Waals surface area contributed by atoms with Crippen molar-refractivity contribution in [2.24, 2.45) is 11.8 Å². The Labute approximate surface area is 254 Å². The van der Waals surface area contributed by atoms with Crippen LogP contribution in [0.3, 0.4) is 0 Å². The summed E-state index contributed by atoms with van der Waals surface area (Å²) in [4.78, 5) is 23.8. The fourth-order valence-electron chi connectivity index (χ4n) is 6.13. The number of carboxylic acid groups (broad SMARTS) is 2. The van der Waals surface area contributed by atoms with Crippen molar-refractivity contribution in [3.63, 3.8) is 0 Å². The van der Waals surface area contributed by atoms with E-state index >= 15 is 0 Å². The van der Waals surface area contributed by atoms with Gasteiger partial charge >= 0.3 is 11.9 Å². The minimum atomic E-state index is -0.948. The van der Waals surface area contributed by atoms with Crippen LogP contribution in [-0.2, 0) is 9.59 Å². The van der Waals surface area contributed by atoms with E-state index in [0.29, 0.717) is 12.8 Å². The number of aliphatic hydroxyl groups is 1. The van der Waals surface area contributed by atoms with Crippen LogP contribution < -0.4 is 0 Å². The molecule has 0 spiro atoms. The van der Waals surface area contributed by atoms with E-state index < -0.39 is 23.8 Å². The third-order valence-electron chi connectivity index (χ3n) is 8.93. The highest BCUT2D eigenvalue weighted by Gasteiger charge is 2.32. The predicted octanol–water partition coefficient (Wildman–Crippen LogP) is 11.1. The molecule has 0 aromatic rings. The minimum absolute atomic E-state index is 0.147. The van der Waals surface area contributed by atoms with E-state index in [9.17, 15) is 24.9 Å². The number of aliphatic hydroxyl groups excluding tert-OH is 1. The van der Waals surface area contributed by atoms with E-state index in [1.165, 1.54) is 89.9 Å². The maximum atomic E-state index is 11.9. The summed E-state index contributed by atoms with van der Waals surface area (Å²) in [6, 6.07) is 0. The Hall–Kier alpha value is -1.10. The molecule has 0 heterocycles. The number of unbranched alkanes of at least 4 members (excludes halogenated alkanes) is 22. The predicted molar refractivity (Wildman–Crippen MR) is 173 cm³/mol.